The lowest BCUT2D eigenvalue weighted by Crippen LogP contribution is -2.59. The summed E-state index contributed by atoms with van der Waals surface area (Å²) in [7, 11) is -5.25. The van der Waals surface area contributed by atoms with Gasteiger partial charge in [-0.2, -0.15) is 0 Å². The van der Waals surface area contributed by atoms with E-state index in [1.54, 1.807) is 0 Å². The van der Waals surface area contributed by atoms with Gasteiger partial charge in [0.25, 0.3) is 0 Å². The Kier molecular flexibility index (Phi) is 14.6. The van der Waals surface area contributed by atoms with Crippen molar-refractivity contribution in [3.63, 3.8) is 0 Å². The molecule has 4 nitrogen and oxygen atoms in total. The fourth-order valence-corrected chi connectivity index (χ4v) is 11.8. The Labute approximate surface area is 164 Å². The highest BCUT2D eigenvalue weighted by Gasteiger charge is 2.56. The van der Waals surface area contributed by atoms with Gasteiger partial charge in [-0.1, -0.05) is 45.8 Å². The standard InChI is InChI=1S/C20H42O4Si2/c1-8-14-16-18-25(21-10-3,22-11-4)20(7)26(23-12-5,24-13-6)19-17-15-9-2/h16-20H,8-15H2,1-7H3. The Balaban J connectivity index is 6.05. The minimum Gasteiger partial charge on any atom is -0.391 e. The van der Waals surface area contributed by atoms with Crippen LogP contribution in [0.2, 0.25) is 5.16 Å². The normalized spacial score (nSPS) is 14.6. The number of hydrogen-bond acceptors (Lipinski definition) is 4. The van der Waals surface area contributed by atoms with Gasteiger partial charge in [-0.15, -0.1) is 0 Å². The van der Waals surface area contributed by atoms with Crippen LogP contribution in [-0.2, 0) is 17.7 Å². The molecule has 6 heteroatoms. The highest BCUT2D eigenvalue weighted by Crippen LogP contribution is 2.37. The lowest BCUT2D eigenvalue weighted by atomic mass is 10.3. The maximum absolute atomic E-state index is 6.35. The van der Waals surface area contributed by atoms with Crippen molar-refractivity contribution in [3.05, 3.63) is 23.6 Å². The molecule has 0 aromatic rings. The summed E-state index contributed by atoms with van der Waals surface area (Å²) in [5.41, 5.74) is 4.45. The average molecular weight is 403 g/mol. The Morgan fingerprint density at radius 2 is 0.923 bits per heavy atom. The zero-order chi connectivity index (χ0) is 19.9. The van der Waals surface area contributed by atoms with E-state index in [0.717, 1.165) is 25.7 Å². The van der Waals surface area contributed by atoms with Crippen molar-refractivity contribution in [3.8, 4) is 0 Å². The molecule has 0 radical (unpaired) electrons. The van der Waals surface area contributed by atoms with Gasteiger partial charge in [0.1, 0.15) is 0 Å². The van der Waals surface area contributed by atoms with Gasteiger partial charge in [-0.3, -0.25) is 0 Å². The van der Waals surface area contributed by atoms with Crippen LogP contribution in [0.1, 0.15) is 74.1 Å². The summed E-state index contributed by atoms with van der Waals surface area (Å²) < 4.78 is 25.4. The molecule has 0 atom stereocenters. The second-order valence-electron chi connectivity index (χ2n) is 6.28. The molecule has 0 amide bonds. The molecular formula is C20H42O4Si2. The lowest BCUT2D eigenvalue weighted by molar-refractivity contribution is 0.163. The van der Waals surface area contributed by atoms with E-state index < -0.39 is 17.1 Å². The second-order valence-corrected chi connectivity index (χ2v) is 13.3. The zero-order valence-electron chi connectivity index (χ0n) is 18.2. The van der Waals surface area contributed by atoms with Crippen LogP contribution in [0, 0.1) is 0 Å². The van der Waals surface area contributed by atoms with E-state index in [0.29, 0.717) is 26.4 Å². The first-order valence-corrected chi connectivity index (χ1v) is 14.4. The molecule has 0 aromatic carbocycles. The number of unbranched alkanes of at least 4 members (excludes halogenated alkanes) is 2. The summed E-state index contributed by atoms with van der Waals surface area (Å²) in [5, 5.41) is 0.0935. The first-order chi connectivity index (χ1) is 12.5. The van der Waals surface area contributed by atoms with Gasteiger partial charge in [0, 0.05) is 26.4 Å². The van der Waals surface area contributed by atoms with Crippen molar-refractivity contribution in [2.45, 2.75) is 79.3 Å². The quantitative estimate of drug-likeness (QED) is 0.309. The molecule has 0 fully saturated rings. The summed E-state index contributed by atoms with van der Waals surface area (Å²) >= 11 is 0. The fourth-order valence-electron chi connectivity index (χ4n) is 3.08. The van der Waals surface area contributed by atoms with E-state index in [-0.39, 0.29) is 5.16 Å². The van der Waals surface area contributed by atoms with Gasteiger partial charge in [0.15, 0.2) is 0 Å². The van der Waals surface area contributed by atoms with Crippen LogP contribution in [0.25, 0.3) is 0 Å². The Morgan fingerprint density at radius 3 is 1.15 bits per heavy atom. The third-order valence-corrected chi connectivity index (χ3v) is 13.5. The summed E-state index contributed by atoms with van der Waals surface area (Å²) in [6, 6.07) is 0. The van der Waals surface area contributed by atoms with Crippen molar-refractivity contribution in [2.24, 2.45) is 0 Å². The predicted octanol–water partition coefficient (Wildman–Crippen LogP) is 5.74. The molecule has 0 saturated carbocycles. The molecule has 0 aromatic heterocycles. The SMILES string of the molecule is CCCC=C[Si](OCC)(OCC)C(C)[Si](C=CCCC)(OCC)OCC. The molecule has 154 valence electrons. The lowest BCUT2D eigenvalue weighted by Gasteiger charge is -2.41. The molecule has 0 rings (SSSR count). The smallest absolute Gasteiger partial charge is 0.369 e. The maximum atomic E-state index is 6.35. The molecule has 0 unspecified atom stereocenters. The largest absolute Gasteiger partial charge is 0.391 e. The van der Waals surface area contributed by atoms with Crippen molar-refractivity contribution >= 4 is 17.1 Å². The Morgan fingerprint density at radius 1 is 0.615 bits per heavy atom. The van der Waals surface area contributed by atoms with Crippen molar-refractivity contribution in [1.82, 2.24) is 0 Å². The Bertz CT molecular complexity index is 351. The van der Waals surface area contributed by atoms with Crippen LogP contribution in [-0.4, -0.2) is 43.5 Å². The first-order valence-electron chi connectivity index (χ1n) is 10.4. The van der Waals surface area contributed by atoms with E-state index in [9.17, 15) is 0 Å². The summed E-state index contributed by atoms with van der Waals surface area (Å²) in [6.45, 7) is 17.3. The fraction of sp³-hybridized carbons (Fsp3) is 0.800. The first kappa shape index (κ1) is 25.8. The highest BCUT2D eigenvalue weighted by atomic mass is 28.4. The van der Waals surface area contributed by atoms with E-state index in [1.807, 2.05) is 27.7 Å². The van der Waals surface area contributed by atoms with Crippen LogP contribution in [0.15, 0.2) is 23.6 Å². The average Bonchev–Trinajstić information content (AvgIpc) is 2.62. The van der Waals surface area contributed by atoms with Crippen molar-refractivity contribution in [2.75, 3.05) is 26.4 Å². The molecule has 0 bridgehead atoms. The topological polar surface area (TPSA) is 36.9 Å². The van der Waals surface area contributed by atoms with Crippen LogP contribution in [0.5, 0.6) is 0 Å². The zero-order valence-corrected chi connectivity index (χ0v) is 20.2. The van der Waals surface area contributed by atoms with E-state index in [4.69, 9.17) is 17.7 Å². The minimum absolute atomic E-state index is 0.0935. The molecule has 0 heterocycles. The molecule has 0 spiro atoms. The van der Waals surface area contributed by atoms with Gasteiger partial charge in [-0.05, 0) is 51.9 Å². The Hall–Kier alpha value is -0.246. The third-order valence-electron chi connectivity index (χ3n) is 4.30. The molecular weight excluding hydrogens is 360 g/mol. The van der Waals surface area contributed by atoms with Gasteiger partial charge < -0.3 is 17.7 Å². The maximum Gasteiger partial charge on any atom is 0.369 e. The minimum atomic E-state index is -2.63. The summed E-state index contributed by atoms with van der Waals surface area (Å²) in [5.74, 6) is 0. The van der Waals surface area contributed by atoms with Gasteiger partial charge in [-0.25, -0.2) is 0 Å². The predicted molar refractivity (Wildman–Crippen MR) is 116 cm³/mol. The third kappa shape index (κ3) is 7.78. The molecule has 0 aliphatic heterocycles. The van der Waals surface area contributed by atoms with Gasteiger partial charge >= 0.3 is 17.1 Å². The number of allylic oxidation sites excluding steroid dienone is 2. The van der Waals surface area contributed by atoms with Crippen LogP contribution >= 0.6 is 0 Å². The van der Waals surface area contributed by atoms with Crippen molar-refractivity contribution in [1.29, 1.82) is 0 Å². The molecule has 26 heavy (non-hydrogen) atoms. The highest BCUT2D eigenvalue weighted by molar-refractivity contribution is 6.92. The van der Waals surface area contributed by atoms with Crippen LogP contribution < -0.4 is 0 Å². The van der Waals surface area contributed by atoms with Gasteiger partial charge in [0.2, 0.25) is 0 Å². The van der Waals surface area contributed by atoms with E-state index >= 15 is 0 Å². The van der Waals surface area contributed by atoms with Crippen LogP contribution in [0.4, 0.5) is 0 Å². The molecule has 0 aliphatic carbocycles. The number of rotatable bonds is 16. The van der Waals surface area contributed by atoms with Crippen LogP contribution in [0.3, 0.4) is 0 Å². The monoisotopic (exact) mass is 402 g/mol. The summed E-state index contributed by atoms with van der Waals surface area (Å²) in [4.78, 5) is 0. The van der Waals surface area contributed by atoms with Gasteiger partial charge in [0.05, 0.1) is 5.16 Å². The summed E-state index contributed by atoms with van der Waals surface area (Å²) in [6.07, 6.45) is 8.74. The second kappa shape index (κ2) is 14.8. The number of hydrogen-bond donors (Lipinski definition) is 0. The van der Waals surface area contributed by atoms with Crippen molar-refractivity contribution < 1.29 is 17.7 Å². The molecule has 0 N–H and O–H groups in total. The van der Waals surface area contributed by atoms with E-state index in [2.05, 4.69) is 44.3 Å². The molecule has 0 aliphatic rings. The molecule has 0 saturated heterocycles. The van der Waals surface area contributed by atoms with E-state index in [1.165, 1.54) is 0 Å².